The minimum Gasteiger partial charge on any atom is -0.464 e. The largest absolute Gasteiger partial charge is 0.464 e. The second kappa shape index (κ2) is 6.01. The van der Waals surface area contributed by atoms with Gasteiger partial charge in [0.1, 0.15) is 0 Å². The standard InChI is InChI=1S/C12H13F4NO2/c1-2-19-11(18)9(13)10(17)7-3-5-8(6-4-7)12(14,15)16/h3-6,9-10H,2,17H2,1H3/t9?,10-/m1/s1. The van der Waals surface area contributed by atoms with Gasteiger partial charge in [-0.3, -0.25) is 0 Å². The number of hydrogen-bond acceptors (Lipinski definition) is 3. The molecule has 1 aromatic carbocycles. The van der Waals surface area contributed by atoms with E-state index in [1.165, 1.54) is 6.92 Å². The topological polar surface area (TPSA) is 52.3 Å². The molecule has 1 unspecified atom stereocenters. The third-order valence-corrected chi connectivity index (χ3v) is 2.45. The Morgan fingerprint density at radius 2 is 1.84 bits per heavy atom. The highest BCUT2D eigenvalue weighted by atomic mass is 19.4. The first kappa shape index (κ1) is 15.4. The molecule has 0 bridgehead atoms. The lowest BCUT2D eigenvalue weighted by Gasteiger charge is -2.16. The fourth-order valence-electron chi connectivity index (χ4n) is 1.43. The van der Waals surface area contributed by atoms with Crippen LogP contribution in [0.3, 0.4) is 0 Å². The summed E-state index contributed by atoms with van der Waals surface area (Å²) in [7, 11) is 0. The van der Waals surface area contributed by atoms with Crippen molar-refractivity contribution < 1.29 is 27.1 Å². The first-order valence-electron chi connectivity index (χ1n) is 5.50. The van der Waals surface area contributed by atoms with Gasteiger partial charge in [0.05, 0.1) is 18.2 Å². The lowest BCUT2D eigenvalue weighted by molar-refractivity contribution is -0.150. The molecule has 0 spiro atoms. The number of halogens is 4. The predicted octanol–water partition coefficient (Wildman–Crippen LogP) is 2.61. The summed E-state index contributed by atoms with van der Waals surface area (Å²) in [5.74, 6) is -1.13. The number of carbonyl (C=O) groups is 1. The minimum atomic E-state index is -4.47. The van der Waals surface area contributed by atoms with E-state index in [4.69, 9.17) is 5.73 Å². The van der Waals surface area contributed by atoms with Gasteiger partial charge >= 0.3 is 12.1 Å². The monoisotopic (exact) mass is 279 g/mol. The summed E-state index contributed by atoms with van der Waals surface area (Å²) >= 11 is 0. The summed E-state index contributed by atoms with van der Waals surface area (Å²) in [6.07, 6.45) is -6.59. The molecule has 0 heterocycles. The molecule has 0 amide bonds. The van der Waals surface area contributed by atoms with Crippen LogP contribution in [0.4, 0.5) is 17.6 Å². The Bertz CT molecular complexity index is 430. The average Bonchev–Trinajstić information content (AvgIpc) is 2.36. The van der Waals surface area contributed by atoms with Crippen LogP contribution in [0.1, 0.15) is 24.1 Å². The van der Waals surface area contributed by atoms with Crippen LogP contribution in [0.25, 0.3) is 0 Å². The molecule has 0 aliphatic rings. The Morgan fingerprint density at radius 3 is 2.26 bits per heavy atom. The number of benzene rings is 1. The summed E-state index contributed by atoms with van der Waals surface area (Å²) in [5.41, 5.74) is 4.70. The highest BCUT2D eigenvalue weighted by Crippen LogP contribution is 2.30. The zero-order valence-electron chi connectivity index (χ0n) is 10.1. The minimum absolute atomic E-state index is 0.00101. The van der Waals surface area contributed by atoms with Gasteiger partial charge in [-0.1, -0.05) is 12.1 Å². The molecule has 3 nitrogen and oxygen atoms in total. The van der Waals surface area contributed by atoms with Crippen LogP contribution in [-0.4, -0.2) is 18.7 Å². The number of rotatable bonds is 4. The molecule has 0 aliphatic heterocycles. The summed E-state index contributed by atoms with van der Waals surface area (Å²) in [6, 6.07) is 2.29. The highest BCUT2D eigenvalue weighted by Gasteiger charge is 2.31. The van der Waals surface area contributed by atoms with E-state index >= 15 is 0 Å². The van der Waals surface area contributed by atoms with Gasteiger partial charge in [-0.25, -0.2) is 9.18 Å². The quantitative estimate of drug-likeness (QED) is 0.681. The van der Waals surface area contributed by atoms with Gasteiger partial charge in [0.25, 0.3) is 0 Å². The summed E-state index contributed by atoms with van der Waals surface area (Å²) in [6.45, 7) is 1.51. The number of esters is 1. The fourth-order valence-corrected chi connectivity index (χ4v) is 1.43. The molecule has 2 atom stereocenters. The van der Waals surface area contributed by atoms with Crippen molar-refractivity contribution in [2.24, 2.45) is 5.73 Å². The zero-order chi connectivity index (χ0) is 14.6. The molecule has 1 aromatic rings. The molecule has 0 fully saturated rings. The highest BCUT2D eigenvalue weighted by molar-refractivity contribution is 5.75. The van der Waals surface area contributed by atoms with Crippen molar-refractivity contribution in [3.8, 4) is 0 Å². The normalized spacial score (nSPS) is 14.8. The number of hydrogen-bond donors (Lipinski definition) is 1. The van der Waals surface area contributed by atoms with Gasteiger partial charge in [0.2, 0.25) is 6.17 Å². The number of alkyl halides is 4. The van der Waals surface area contributed by atoms with Crippen molar-refractivity contribution >= 4 is 5.97 Å². The third-order valence-electron chi connectivity index (χ3n) is 2.45. The van der Waals surface area contributed by atoms with Gasteiger partial charge in [-0.15, -0.1) is 0 Å². The van der Waals surface area contributed by atoms with Gasteiger partial charge < -0.3 is 10.5 Å². The Morgan fingerprint density at radius 1 is 1.32 bits per heavy atom. The van der Waals surface area contributed by atoms with E-state index in [-0.39, 0.29) is 12.2 Å². The van der Waals surface area contributed by atoms with Crippen LogP contribution < -0.4 is 5.73 Å². The van der Waals surface area contributed by atoms with Gasteiger partial charge in [0.15, 0.2) is 0 Å². The molecule has 0 saturated heterocycles. The van der Waals surface area contributed by atoms with Crippen molar-refractivity contribution in [2.45, 2.75) is 25.3 Å². The van der Waals surface area contributed by atoms with Crippen LogP contribution >= 0.6 is 0 Å². The van der Waals surface area contributed by atoms with Crippen molar-refractivity contribution in [1.29, 1.82) is 0 Å². The molecule has 0 aromatic heterocycles. The van der Waals surface area contributed by atoms with Crippen LogP contribution in [0, 0.1) is 0 Å². The second-order valence-electron chi connectivity index (χ2n) is 3.80. The molecular formula is C12H13F4NO2. The summed E-state index contributed by atoms with van der Waals surface area (Å²) < 4.78 is 55.0. The number of carbonyl (C=O) groups excluding carboxylic acids is 1. The van der Waals surface area contributed by atoms with E-state index < -0.39 is 29.9 Å². The van der Waals surface area contributed by atoms with E-state index in [9.17, 15) is 22.4 Å². The van der Waals surface area contributed by atoms with Gasteiger partial charge in [0, 0.05) is 0 Å². The first-order valence-corrected chi connectivity index (χ1v) is 5.50. The zero-order valence-corrected chi connectivity index (χ0v) is 10.1. The Kier molecular flexibility index (Phi) is 4.88. The predicted molar refractivity (Wildman–Crippen MR) is 59.9 cm³/mol. The Labute approximate surface area is 107 Å². The Hall–Kier alpha value is -1.63. The van der Waals surface area contributed by atoms with Gasteiger partial charge in [-0.05, 0) is 24.6 Å². The molecule has 2 N–H and O–H groups in total. The van der Waals surface area contributed by atoms with Crippen LogP contribution in [0.5, 0.6) is 0 Å². The number of nitrogens with two attached hydrogens (primary N) is 1. The molecule has 106 valence electrons. The van der Waals surface area contributed by atoms with E-state index in [2.05, 4.69) is 4.74 Å². The van der Waals surface area contributed by atoms with Crippen LogP contribution in [0.15, 0.2) is 24.3 Å². The first-order chi connectivity index (χ1) is 8.77. The lowest BCUT2D eigenvalue weighted by atomic mass is 10.0. The molecule has 0 radical (unpaired) electrons. The molecule has 19 heavy (non-hydrogen) atoms. The van der Waals surface area contributed by atoms with Crippen LogP contribution in [0.2, 0.25) is 0 Å². The molecule has 0 saturated carbocycles. The van der Waals surface area contributed by atoms with Crippen LogP contribution in [-0.2, 0) is 15.7 Å². The van der Waals surface area contributed by atoms with Gasteiger partial charge in [-0.2, -0.15) is 13.2 Å². The Balaban J connectivity index is 2.83. The maximum atomic E-state index is 13.6. The smallest absolute Gasteiger partial charge is 0.416 e. The third kappa shape index (κ3) is 3.92. The van der Waals surface area contributed by atoms with E-state index in [0.29, 0.717) is 0 Å². The van der Waals surface area contributed by atoms with Crippen molar-refractivity contribution in [3.63, 3.8) is 0 Å². The van der Waals surface area contributed by atoms with Crippen molar-refractivity contribution in [1.82, 2.24) is 0 Å². The number of ether oxygens (including phenoxy) is 1. The lowest BCUT2D eigenvalue weighted by Crippen LogP contribution is -2.31. The van der Waals surface area contributed by atoms with E-state index in [1.807, 2.05) is 0 Å². The molecular weight excluding hydrogens is 266 g/mol. The van der Waals surface area contributed by atoms with E-state index in [1.54, 1.807) is 0 Å². The fraction of sp³-hybridized carbons (Fsp3) is 0.417. The van der Waals surface area contributed by atoms with Crippen molar-refractivity contribution in [2.75, 3.05) is 6.61 Å². The summed E-state index contributed by atoms with van der Waals surface area (Å²) in [4.78, 5) is 11.1. The maximum absolute atomic E-state index is 13.6. The SMILES string of the molecule is CCOC(=O)C(F)[C@H](N)c1ccc(C(F)(F)F)cc1. The summed E-state index contributed by atoms with van der Waals surface area (Å²) in [5, 5.41) is 0. The molecule has 7 heteroatoms. The molecule has 1 rings (SSSR count). The van der Waals surface area contributed by atoms with E-state index in [0.717, 1.165) is 24.3 Å². The average molecular weight is 279 g/mol. The second-order valence-corrected chi connectivity index (χ2v) is 3.80. The van der Waals surface area contributed by atoms with Crippen molar-refractivity contribution in [3.05, 3.63) is 35.4 Å². The maximum Gasteiger partial charge on any atom is 0.416 e. The molecule has 0 aliphatic carbocycles.